The van der Waals surface area contributed by atoms with Gasteiger partial charge in [0.2, 0.25) is 5.91 Å². The number of aromatic amines is 1. The van der Waals surface area contributed by atoms with Gasteiger partial charge in [-0.3, -0.25) is 4.79 Å². The molecule has 3 heteroatoms. The molecule has 0 aliphatic rings. The van der Waals surface area contributed by atoms with E-state index in [9.17, 15) is 4.79 Å². The Balaban J connectivity index is 2.18. The lowest BCUT2D eigenvalue weighted by atomic mass is 10.1. The monoisotopic (exact) mass is 244 g/mol. The Hall–Kier alpha value is -1.77. The van der Waals surface area contributed by atoms with E-state index in [1.807, 2.05) is 37.8 Å². The molecule has 0 bridgehead atoms. The number of amides is 1. The van der Waals surface area contributed by atoms with Crippen molar-refractivity contribution in [1.82, 2.24) is 9.88 Å². The van der Waals surface area contributed by atoms with Crippen LogP contribution in [0.15, 0.2) is 24.3 Å². The first-order valence-corrected chi connectivity index (χ1v) is 6.50. The Morgan fingerprint density at radius 1 is 1.22 bits per heavy atom. The number of rotatable bonds is 4. The third kappa shape index (κ3) is 2.55. The highest BCUT2D eigenvalue weighted by atomic mass is 16.2. The van der Waals surface area contributed by atoms with Crippen LogP contribution in [-0.2, 0) is 11.2 Å². The normalized spacial score (nSPS) is 10.8. The topological polar surface area (TPSA) is 36.1 Å². The molecule has 1 amide bonds. The van der Waals surface area contributed by atoms with E-state index < -0.39 is 0 Å². The van der Waals surface area contributed by atoms with Crippen LogP contribution in [0.1, 0.15) is 25.1 Å². The van der Waals surface area contributed by atoms with Gasteiger partial charge in [-0.05, 0) is 49.9 Å². The highest BCUT2D eigenvalue weighted by molar-refractivity contribution is 5.84. The maximum absolute atomic E-state index is 12.0. The minimum Gasteiger partial charge on any atom is -0.359 e. The molecule has 0 aliphatic heterocycles. The third-order valence-corrected chi connectivity index (χ3v) is 3.29. The van der Waals surface area contributed by atoms with Crippen LogP contribution in [0, 0.1) is 6.92 Å². The standard InChI is InChI=1S/C15H20N2O/c1-4-17(5-2)15(18)10-12-6-7-14-13(9-12)8-11(3)16-14/h6-9,16H,4-5,10H2,1-3H3. The highest BCUT2D eigenvalue weighted by Gasteiger charge is 2.10. The maximum atomic E-state index is 12.0. The van der Waals surface area contributed by atoms with Gasteiger partial charge in [0.05, 0.1) is 6.42 Å². The molecule has 1 aromatic carbocycles. The number of carbonyl (C=O) groups excluding carboxylic acids is 1. The van der Waals surface area contributed by atoms with Gasteiger partial charge in [-0.15, -0.1) is 0 Å². The molecule has 2 rings (SSSR count). The second-order valence-corrected chi connectivity index (χ2v) is 4.62. The first-order chi connectivity index (χ1) is 8.63. The van der Waals surface area contributed by atoms with Crippen LogP contribution in [0.4, 0.5) is 0 Å². The van der Waals surface area contributed by atoms with E-state index >= 15 is 0 Å². The highest BCUT2D eigenvalue weighted by Crippen LogP contribution is 2.17. The molecule has 3 nitrogen and oxygen atoms in total. The lowest BCUT2D eigenvalue weighted by molar-refractivity contribution is -0.130. The first-order valence-electron chi connectivity index (χ1n) is 6.50. The molecular formula is C15H20N2O. The van der Waals surface area contributed by atoms with Gasteiger partial charge in [0.25, 0.3) is 0 Å². The SMILES string of the molecule is CCN(CC)C(=O)Cc1ccc2[nH]c(C)cc2c1. The predicted molar refractivity (Wildman–Crippen MR) is 74.7 cm³/mol. The summed E-state index contributed by atoms with van der Waals surface area (Å²) in [6, 6.07) is 8.29. The molecule has 0 atom stereocenters. The number of carbonyl (C=O) groups is 1. The van der Waals surface area contributed by atoms with Crippen LogP contribution in [0.25, 0.3) is 10.9 Å². The number of nitrogens with zero attached hydrogens (tertiary/aromatic N) is 1. The summed E-state index contributed by atoms with van der Waals surface area (Å²) >= 11 is 0. The summed E-state index contributed by atoms with van der Waals surface area (Å²) in [4.78, 5) is 17.2. The number of fused-ring (bicyclic) bond motifs is 1. The fourth-order valence-electron chi connectivity index (χ4n) is 2.30. The lowest BCUT2D eigenvalue weighted by Gasteiger charge is -2.18. The predicted octanol–water partition coefficient (Wildman–Crippen LogP) is 2.89. The van der Waals surface area contributed by atoms with Gasteiger partial charge in [0.1, 0.15) is 0 Å². The molecule has 0 saturated carbocycles. The van der Waals surface area contributed by atoms with Crippen LogP contribution >= 0.6 is 0 Å². The van der Waals surface area contributed by atoms with Crippen LogP contribution in [-0.4, -0.2) is 28.9 Å². The average Bonchev–Trinajstić information content (AvgIpc) is 2.70. The summed E-state index contributed by atoms with van der Waals surface area (Å²) in [6.07, 6.45) is 0.488. The van der Waals surface area contributed by atoms with Gasteiger partial charge in [-0.2, -0.15) is 0 Å². The van der Waals surface area contributed by atoms with Crippen LogP contribution in [0.3, 0.4) is 0 Å². The number of likely N-dealkylation sites (N-methyl/N-ethyl adjacent to an activating group) is 1. The first kappa shape index (κ1) is 12.7. The number of aromatic nitrogens is 1. The molecule has 18 heavy (non-hydrogen) atoms. The molecule has 0 spiro atoms. The van der Waals surface area contributed by atoms with Crippen molar-refractivity contribution in [3.63, 3.8) is 0 Å². The summed E-state index contributed by atoms with van der Waals surface area (Å²) in [7, 11) is 0. The molecule has 96 valence electrons. The van der Waals surface area contributed by atoms with E-state index in [4.69, 9.17) is 0 Å². The molecule has 1 heterocycles. The van der Waals surface area contributed by atoms with Gasteiger partial charge < -0.3 is 9.88 Å². The lowest BCUT2D eigenvalue weighted by Crippen LogP contribution is -2.31. The van der Waals surface area contributed by atoms with Crippen LogP contribution in [0.2, 0.25) is 0 Å². The van der Waals surface area contributed by atoms with E-state index in [0.717, 1.165) is 29.9 Å². The molecule has 0 radical (unpaired) electrons. The maximum Gasteiger partial charge on any atom is 0.226 e. The van der Waals surface area contributed by atoms with Crippen LogP contribution < -0.4 is 0 Å². The molecule has 0 unspecified atom stereocenters. The van der Waals surface area contributed by atoms with E-state index in [2.05, 4.69) is 17.1 Å². The Bertz CT molecular complexity index is 553. The summed E-state index contributed by atoms with van der Waals surface area (Å²) in [5.41, 5.74) is 3.36. The Labute approximate surface area is 108 Å². The third-order valence-electron chi connectivity index (χ3n) is 3.29. The number of hydrogen-bond donors (Lipinski definition) is 1. The van der Waals surface area contributed by atoms with Gasteiger partial charge in [-0.1, -0.05) is 6.07 Å². The van der Waals surface area contributed by atoms with E-state index in [1.54, 1.807) is 0 Å². The molecule has 0 aliphatic carbocycles. The molecule has 0 fully saturated rings. The van der Waals surface area contributed by atoms with Crippen molar-refractivity contribution < 1.29 is 4.79 Å². The van der Waals surface area contributed by atoms with Crippen LogP contribution in [0.5, 0.6) is 0 Å². The number of nitrogens with one attached hydrogen (secondary N) is 1. The minimum atomic E-state index is 0.201. The van der Waals surface area contributed by atoms with E-state index in [1.165, 1.54) is 5.39 Å². The van der Waals surface area contributed by atoms with Crippen molar-refractivity contribution in [3.05, 3.63) is 35.5 Å². The molecule has 1 N–H and O–H groups in total. The number of H-pyrrole nitrogens is 1. The smallest absolute Gasteiger partial charge is 0.226 e. The van der Waals surface area contributed by atoms with Crippen molar-refractivity contribution in [2.45, 2.75) is 27.2 Å². The summed E-state index contributed by atoms with van der Waals surface area (Å²) < 4.78 is 0. The van der Waals surface area contributed by atoms with Crippen molar-refractivity contribution in [3.8, 4) is 0 Å². The van der Waals surface area contributed by atoms with Gasteiger partial charge in [0.15, 0.2) is 0 Å². The van der Waals surface area contributed by atoms with E-state index in [-0.39, 0.29) is 5.91 Å². The van der Waals surface area contributed by atoms with Gasteiger partial charge >= 0.3 is 0 Å². The summed E-state index contributed by atoms with van der Waals surface area (Å²) in [5, 5.41) is 1.18. The summed E-state index contributed by atoms with van der Waals surface area (Å²) in [6.45, 7) is 7.63. The Kier molecular flexibility index (Phi) is 3.70. The van der Waals surface area contributed by atoms with Crippen molar-refractivity contribution in [1.29, 1.82) is 0 Å². The number of hydrogen-bond acceptors (Lipinski definition) is 1. The van der Waals surface area contributed by atoms with E-state index in [0.29, 0.717) is 6.42 Å². The Morgan fingerprint density at radius 3 is 2.61 bits per heavy atom. The minimum absolute atomic E-state index is 0.201. The summed E-state index contributed by atoms with van der Waals surface area (Å²) in [5.74, 6) is 0.201. The van der Waals surface area contributed by atoms with Gasteiger partial charge in [0, 0.05) is 24.3 Å². The second kappa shape index (κ2) is 5.25. The number of aryl methyl sites for hydroxylation is 1. The molecule has 0 saturated heterocycles. The quantitative estimate of drug-likeness (QED) is 0.882. The zero-order chi connectivity index (χ0) is 13.1. The largest absolute Gasteiger partial charge is 0.359 e. The number of benzene rings is 1. The fraction of sp³-hybridized carbons (Fsp3) is 0.400. The average molecular weight is 244 g/mol. The molecule has 1 aromatic heterocycles. The van der Waals surface area contributed by atoms with Crippen molar-refractivity contribution in [2.24, 2.45) is 0 Å². The molecular weight excluding hydrogens is 224 g/mol. The van der Waals surface area contributed by atoms with Crippen molar-refractivity contribution in [2.75, 3.05) is 13.1 Å². The van der Waals surface area contributed by atoms with Crippen molar-refractivity contribution >= 4 is 16.8 Å². The Morgan fingerprint density at radius 2 is 1.94 bits per heavy atom. The zero-order valence-electron chi connectivity index (χ0n) is 11.3. The zero-order valence-corrected chi connectivity index (χ0v) is 11.3. The second-order valence-electron chi connectivity index (χ2n) is 4.62. The molecule has 2 aromatic rings. The van der Waals surface area contributed by atoms with Gasteiger partial charge in [-0.25, -0.2) is 0 Å². The fourth-order valence-corrected chi connectivity index (χ4v) is 2.30.